The van der Waals surface area contributed by atoms with Crippen molar-refractivity contribution >= 4 is 15.9 Å². The Labute approximate surface area is 128 Å². The van der Waals surface area contributed by atoms with Gasteiger partial charge in [-0.3, -0.25) is 4.90 Å². The number of benzene rings is 2. The molecule has 20 heavy (non-hydrogen) atoms. The molecular formula is C18H18BrN. The van der Waals surface area contributed by atoms with Gasteiger partial charge < -0.3 is 0 Å². The molecule has 2 aromatic carbocycles. The molecule has 0 bridgehead atoms. The predicted molar refractivity (Wildman–Crippen MR) is 85.6 cm³/mol. The van der Waals surface area contributed by atoms with Crippen LogP contribution in [-0.2, 0) is 6.54 Å². The van der Waals surface area contributed by atoms with Gasteiger partial charge in [0.1, 0.15) is 0 Å². The van der Waals surface area contributed by atoms with E-state index in [1.54, 1.807) is 0 Å². The Bertz CT molecular complexity index is 598. The SMILES string of the molecule is Brc1cccc([C@@H]2[C@@H]3CN(Cc4ccccc4)C[C@@H]32)c1. The molecule has 1 aliphatic carbocycles. The third-order valence-electron chi connectivity index (χ3n) is 4.75. The first-order valence-electron chi connectivity index (χ1n) is 7.33. The lowest BCUT2D eigenvalue weighted by Gasteiger charge is -2.19. The molecule has 1 heterocycles. The van der Waals surface area contributed by atoms with Crippen LogP contribution >= 0.6 is 15.9 Å². The lowest BCUT2D eigenvalue weighted by molar-refractivity contribution is 0.290. The highest BCUT2D eigenvalue weighted by Crippen LogP contribution is 2.58. The molecule has 1 aliphatic heterocycles. The maximum Gasteiger partial charge on any atom is 0.0233 e. The summed E-state index contributed by atoms with van der Waals surface area (Å²) in [6, 6.07) is 19.7. The third kappa shape index (κ3) is 2.32. The number of rotatable bonds is 3. The monoisotopic (exact) mass is 327 g/mol. The van der Waals surface area contributed by atoms with Gasteiger partial charge in [-0.05, 0) is 41.0 Å². The summed E-state index contributed by atoms with van der Waals surface area (Å²) in [4.78, 5) is 2.61. The van der Waals surface area contributed by atoms with Crippen LogP contribution in [0.5, 0.6) is 0 Å². The fraction of sp³-hybridized carbons (Fsp3) is 0.333. The van der Waals surface area contributed by atoms with Gasteiger partial charge in [-0.2, -0.15) is 0 Å². The number of piperidine rings is 1. The summed E-state index contributed by atoms with van der Waals surface area (Å²) in [5.41, 5.74) is 2.96. The van der Waals surface area contributed by atoms with Crippen molar-refractivity contribution in [2.45, 2.75) is 12.5 Å². The quantitative estimate of drug-likeness (QED) is 0.812. The fourth-order valence-corrected chi connectivity index (χ4v) is 4.21. The Kier molecular flexibility index (Phi) is 3.16. The Morgan fingerprint density at radius 3 is 2.40 bits per heavy atom. The van der Waals surface area contributed by atoms with Crippen molar-refractivity contribution in [1.82, 2.24) is 4.90 Å². The molecule has 0 spiro atoms. The van der Waals surface area contributed by atoms with E-state index >= 15 is 0 Å². The minimum Gasteiger partial charge on any atom is -0.298 e. The van der Waals surface area contributed by atoms with Crippen LogP contribution in [0.25, 0.3) is 0 Å². The molecule has 2 aliphatic rings. The van der Waals surface area contributed by atoms with Crippen molar-refractivity contribution in [3.8, 4) is 0 Å². The molecule has 0 amide bonds. The van der Waals surface area contributed by atoms with Crippen LogP contribution in [0.2, 0.25) is 0 Å². The van der Waals surface area contributed by atoms with Gasteiger partial charge in [-0.15, -0.1) is 0 Å². The lowest BCUT2D eigenvalue weighted by atomic mass is 10.1. The van der Waals surface area contributed by atoms with Gasteiger partial charge in [0.25, 0.3) is 0 Å². The first kappa shape index (κ1) is 12.6. The zero-order valence-electron chi connectivity index (χ0n) is 11.4. The number of hydrogen-bond acceptors (Lipinski definition) is 1. The molecule has 0 aromatic heterocycles. The Morgan fingerprint density at radius 1 is 0.950 bits per heavy atom. The van der Waals surface area contributed by atoms with E-state index in [0.29, 0.717) is 0 Å². The molecule has 1 saturated carbocycles. The van der Waals surface area contributed by atoms with Crippen LogP contribution in [0.3, 0.4) is 0 Å². The standard InChI is InChI=1S/C18H18BrN/c19-15-8-4-7-14(9-15)18-16-11-20(12-17(16)18)10-13-5-2-1-3-6-13/h1-9,16-18H,10-12H2/t16-,17+,18-. The highest BCUT2D eigenvalue weighted by molar-refractivity contribution is 9.10. The van der Waals surface area contributed by atoms with Crippen LogP contribution < -0.4 is 0 Å². The highest BCUT2D eigenvalue weighted by Gasteiger charge is 2.55. The van der Waals surface area contributed by atoms with Crippen LogP contribution in [0, 0.1) is 11.8 Å². The summed E-state index contributed by atoms with van der Waals surface area (Å²) in [6.45, 7) is 3.63. The van der Waals surface area contributed by atoms with Crippen molar-refractivity contribution in [3.05, 3.63) is 70.2 Å². The minimum absolute atomic E-state index is 0.805. The van der Waals surface area contributed by atoms with Crippen LogP contribution in [0.15, 0.2) is 59.1 Å². The molecule has 1 nitrogen and oxygen atoms in total. The first-order chi connectivity index (χ1) is 9.81. The average molecular weight is 328 g/mol. The second-order valence-corrected chi connectivity index (χ2v) is 7.00. The van der Waals surface area contributed by atoms with Gasteiger partial charge in [-0.25, -0.2) is 0 Å². The van der Waals surface area contributed by atoms with Crippen molar-refractivity contribution < 1.29 is 0 Å². The summed E-state index contributed by atoms with van der Waals surface area (Å²) >= 11 is 3.58. The Hall–Kier alpha value is -1.12. The highest BCUT2D eigenvalue weighted by atomic mass is 79.9. The molecule has 4 rings (SSSR count). The molecule has 0 unspecified atom stereocenters. The smallest absolute Gasteiger partial charge is 0.0233 e. The van der Waals surface area contributed by atoms with E-state index < -0.39 is 0 Å². The number of halogens is 1. The van der Waals surface area contributed by atoms with Gasteiger partial charge in [0.15, 0.2) is 0 Å². The molecule has 3 atom stereocenters. The average Bonchev–Trinajstić information content (AvgIpc) is 2.97. The predicted octanol–water partition coefficient (Wildman–Crippen LogP) is 4.29. The van der Waals surface area contributed by atoms with Gasteiger partial charge in [-0.1, -0.05) is 58.4 Å². The van der Waals surface area contributed by atoms with Gasteiger partial charge in [0.2, 0.25) is 0 Å². The number of likely N-dealkylation sites (tertiary alicyclic amines) is 1. The van der Waals surface area contributed by atoms with Gasteiger partial charge in [0, 0.05) is 24.1 Å². The van der Waals surface area contributed by atoms with E-state index in [2.05, 4.69) is 75.4 Å². The molecule has 2 heteroatoms. The van der Waals surface area contributed by atoms with Crippen molar-refractivity contribution in [2.24, 2.45) is 11.8 Å². The Balaban J connectivity index is 1.39. The maximum absolute atomic E-state index is 3.58. The molecule has 102 valence electrons. The molecular weight excluding hydrogens is 310 g/mol. The third-order valence-corrected chi connectivity index (χ3v) is 5.25. The van der Waals surface area contributed by atoms with E-state index in [1.807, 2.05) is 0 Å². The van der Waals surface area contributed by atoms with E-state index in [4.69, 9.17) is 0 Å². The zero-order valence-corrected chi connectivity index (χ0v) is 13.0. The second kappa shape index (κ2) is 5.01. The van der Waals surface area contributed by atoms with E-state index in [1.165, 1.54) is 28.7 Å². The fourth-order valence-electron chi connectivity index (χ4n) is 3.79. The largest absolute Gasteiger partial charge is 0.298 e. The molecule has 0 N–H and O–H groups in total. The Morgan fingerprint density at radius 2 is 1.70 bits per heavy atom. The normalized spacial score (nSPS) is 28.4. The second-order valence-electron chi connectivity index (χ2n) is 6.09. The zero-order chi connectivity index (χ0) is 13.5. The molecule has 2 aromatic rings. The lowest BCUT2D eigenvalue weighted by Crippen LogP contribution is -2.23. The van der Waals surface area contributed by atoms with Gasteiger partial charge in [0.05, 0.1) is 0 Å². The maximum atomic E-state index is 3.58. The number of hydrogen-bond donors (Lipinski definition) is 0. The van der Waals surface area contributed by atoms with Crippen molar-refractivity contribution in [1.29, 1.82) is 0 Å². The van der Waals surface area contributed by atoms with E-state index in [0.717, 1.165) is 24.3 Å². The summed E-state index contributed by atoms with van der Waals surface area (Å²) in [7, 11) is 0. The number of nitrogens with zero attached hydrogens (tertiary/aromatic N) is 1. The van der Waals surface area contributed by atoms with E-state index in [-0.39, 0.29) is 0 Å². The summed E-state index contributed by atoms with van der Waals surface area (Å²) in [5, 5.41) is 0. The van der Waals surface area contributed by atoms with Crippen molar-refractivity contribution in [2.75, 3.05) is 13.1 Å². The van der Waals surface area contributed by atoms with Crippen LogP contribution in [-0.4, -0.2) is 18.0 Å². The topological polar surface area (TPSA) is 3.24 Å². The summed E-state index contributed by atoms with van der Waals surface area (Å²) in [5.74, 6) is 2.57. The van der Waals surface area contributed by atoms with E-state index in [9.17, 15) is 0 Å². The molecule has 1 saturated heterocycles. The molecule has 2 fully saturated rings. The minimum atomic E-state index is 0.805. The van der Waals surface area contributed by atoms with Crippen LogP contribution in [0.4, 0.5) is 0 Å². The molecule has 0 radical (unpaired) electrons. The number of fused-ring (bicyclic) bond motifs is 1. The first-order valence-corrected chi connectivity index (χ1v) is 8.12. The van der Waals surface area contributed by atoms with Gasteiger partial charge >= 0.3 is 0 Å². The van der Waals surface area contributed by atoms with Crippen LogP contribution in [0.1, 0.15) is 17.0 Å². The summed E-state index contributed by atoms with van der Waals surface area (Å²) < 4.78 is 1.21. The van der Waals surface area contributed by atoms with Crippen molar-refractivity contribution in [3.63, 3.8) is 0 Å². The summed E-state index contributed by atoms with van der Waals surface area (Å²) in [6.07, 6.45) is 0.